The molecule has 6 nitrogen and oxygen atoms in total. The van der Waals surface area contributed by atoms with Crippen LogP contribution in [0.5, 0.6) is 0 Å². The van der Waals surface area contributed by atoms with Crippen molar-refractivity contribution >= 4 is 11.9 Å². The van der Waals surface area contributed by atoms with Crippen LogP contribution in [0.4, 0.5) is 0 Å². The van der Waals surface area contributed by atoms with E-state index in [0.717, 1.165) is 12.2 Å². The number of carbonyl (C=O) groups excluding carboxylic acids is 2. The second-order valence-corrected chi connectivity index (χ2v) is 2.41. The van der Waals surface area contributed by atoms with Crippen molar-refractivity contribution in [3.63, 3.8) is 0 Å². The number of rotatable bonds is 4. The molecule has 0 aliphatic heterocycles. The quantitative estimate of drug-likeness (QED) is 0.357. The first-order valence-electron chi connectivity index (χ1n) is 3.87. The molecular weight excluding hydrogens is 192 g/mol. The van der Waals surface area contributed by atoms with Gasteiger partial charge >= 0.3 is 11.9 Å². The Kier molecular flexibility index (Phi) is 5.50. The van der Waals surface area contributed by atoms with Crippen molar-refractivity contribution in [2.45, 2.75) is 26.4 Å². The SMILES string of the molecule is CC(O)OC(=O)/C=C\C(=O)OC(C)O. The summed E-state index contributed by atoms with van der Waals surface area (Å²) in [5.41, 5.74) is 0. The first-order chi connectivity index (χ1) is 6.41. The molecule has 0 rings (SSSR count). The lowest BCUT2D eigenvalue weighted by Gasteiger charge is -2.04. The fourth-order valence-electron chi connectivity index (χ4n) is 0.551. The number of carbonyl (C=O) groups is 2. The third kappa shape index (κ3) is 7.26. The summed E-state index contributed by atoms with van der Waals surface area (Å²) in [4.78, 5) is 21.4. The van der Waals surface area contributed by atoms with Crippen LogP contribution in [0.2, 0.25) is 0 Å². The molecule has 0 aromatic heterocycles. The predicted octanol–water partition coefficient (Wildman–Crippen LogP) is -0.694. The molecule has 0 amide bonds. The number of aliphatic hydroxyl groups is 2. The zero-order valence-electron chi connectivity index (χ0n) is 7.84. The van der Waals surface area contributed by atoms with Crippen LogP contribution in [-0.2, 0) is 19.1 Å². The van der Waals surface area contributed by atoms with Crippen LogP contribution in [0, 0.1) is 0 Å². The monoisotopic (exact) mass is 204 g/mol. The van der Waals surface area contributed by atoms with E-state index in [9.17, 15) is 9.59 Å². The summed E-state index contributed by atoms with van der Waals surface area (Å²) in [5, 5.41) is 17.2. The first-order valence-corrected chi connectivity index (χ1v) is 3.87. The van der Waals surface area contributed by atoms with Gasteiger partial charge in [-0.2, -0.15) is 0 Å². The van der Waals surface area contributed by atoms with Gasteiger partial charge in [-0.25, -0.2) is 9.59 Å². The van der Waals surface area contributed by atoms with Gasteiger partial charge in [-0.3, -0.25) is 0 Å². The Hall–Kier alpha value is -1.40. The molecule has 0 aliphatic rings. The van der Waals surface area contributed by atoms with Crippen LogP contribution in [0.1, 0.15) is 13.8 Å². The van der Waals surface area contributed by atoms with E-state index in [1.807, 2.05) is 0 Å². The fourth-order valence-corrected chi connectivity index (χ4v) is 0.551. The Bertz CT molecular complexity index is 206. The number of ether oxygens (including phenoxy) is 2. The molecule has 0 spiro atoms. The summed E-state index contributed by atoms with van der Waals surface area (Å²) in [6, 6.07) is 0. The van der Waals surface area contributed by atoms with Gasteiger partial charge in [-0.15, -0.1) is 0 Å². The summed E-state index contributed by atoms with van der Waals surface area (Å²) in [5.74, 6) is -1.75. The van der Waals surface area contributed by atoms with E-state index in [1.165, 1.54) is 13.8 Å². The number of hydrogen-bond acceptors (Lipinski definition) is 6. The van der Waals surface area contributed by atoms with Crippen molar-refractivity contribution in [1.82, 2.24) is 0 Å². The van der Waals surface area contributed by atoms with Gasteiger partial charge < -0.3 is 19.7 Å². The highest BCUT2D eigenvalue weighted by Gasteiger charge is 2.05. The van der Waals surface area contributed by atoms with Crippen molar-refractivity contribution < 1.29 is 29.3 Å². The summed E-state index contributed by atoms with van der Waals surface area (Å²) >= 11 is 0. The van der Waals surface area contributed by atoms with E-state index in [-0.39, 0.29) is 0 Å². The Labute approximate surface area is 80.7 Å². The zero-order chi connectivity index (χ0) is 11.1. The van der Waals surface area contributed by atoms with Crippen LogP contribution < -0.4 is 0 Å². The van der Waals surface area contributed by atoms with Crippen molar-refractivity contribution in [3.05, 3.63) is 12.2 Å². The van der Waals surface area contributed by atoms with Crippen molar-refractivity contribution in [3.8, 4) is 0 Å². The second kappa shape index (κ2) is 6.11. The van der Waals surface area contributed by atoms with Crippen LogP contribution in [-0.4, -0.2) is 34.7 Å². The van der Waals surface area contributed by atoms with Crippen LogP contribution in [0.15, 0.2) is 12.2 Å². The maximum absolute atomic E-state index is 10.7. The van der Waals surface area contributed by atoms with Crippen molar-refractivity contribution in [1.29, 1.82) is 0 Å². The average Bonchev–Trinajstić information content (AvgIpc) is 1.98. The van der Waals surface area contributed by atoms with E-state index in [1.54, 1.807) is 0 Å². The fraction of sp³-hybridized carbons (Fsp3) is 0.500. The maximum atomic E-state index is 10.7. The number of esters is 2. The van der Waals surface area contributed by atoms with Crippen molar-refractivity contribution in [2.75, 3.05) is 0 Å². The zero-order valence-corrected chi connectivity index (χ0v) is 7.84. The van der Waals surface area contributed by atoms with Crippen LogP contribution in [0.25, 0.3) is 0 Å². The molecule has 2 N–H and O–H groups in total. The summed E-state index contributed by atoms with van der Waals surface area (Å²) < 4.78 is 8.53. The molecule has 0 radical (unpaired) electrons. The third-order valence-electron chi connectivity index (χ3n) is 0.929. The highest BCUT2D eigenvalue weighted by Crippen LogP contribution is 1.91. The molecular formula is C8H12O6. The lowest BCUT2D eigenvalue weighted by atomic mass is 10.5. The van der Waals surface area contributed by atoms with Crippen LogP contribution in [0.3, 0.4) is 0 Å². The van der Waals surface area contributed by atoms with Gasteiger partial charge in [0.2, 0.25) is 0 Å². The lowest BCUT2D eigenvalue weighted by molar-refractivity contribution is -0.161. The highest BCUT2D eigenvalue weighted by atomic mass is 16.6. The molecule has 0 heterocycles. The minimum absolute atomic E-state index is 0.789. The van der Waals surface area contributed by atoms with Gasteiger partial charge in [0.15, 0.2) is 12.6 Å². The molecule has 0 aliphatic carbocycles. The van der Waals surface area contributed by atoms with E-state index >= 15 is 0 Å². The summed E-state index contributed by atoms with van der Waals surface area (Å²) in [6.07, 6.45) is -0.894. The van der Waals surface area contributed by atoms with Gasteiger partial charge in [0, 0.05) is 12.2 Å². The van der Waals surface area contributed by atoms with Crippen LogP contribution >= 0.6 is 0 Å². The minimum atomic E-state index is -1.24. The van der Waals surface area contributed by atoms with E-state index in [0.29, 0.717) is 0 Å². The first kappa shape index (κ1) is 12.6. The van der Waals surface area contributed by atoms with Gasteiger partial charge in [-0.1, -0.05) is 0 Å². The smallest absolute Gasteiger partial charge is 0.333 e. The van der Waals surface area contributed by atoms with E-state index in [2.05, 4.69) is 9.47 Å². The summed E-state index contributed by atoms with van der Waals surface area (Å²) in [7, 11) is 0. The normalized spacial score (nSPS) is 14.9. The molecule has 14 heavy (non-hydrogen) atoms. The average molecular weight is 204 g/mol. The van der Waals surface area contributed by atoms with Gasteiger partial charge in [0.25, 0.3) is 0 Å². The molecule has 0 aromatic rings. The van der Waals surface area contributed by atoms with E-state index in [4.69, 9.17) is 10.2 Å². The van der Waals surface area contributed by atoms with Gasteiger partial charge in [0.05, 0.1) is 0 Å². The third-order valence-corrected chi connectivity index (χ3v) is 0.929. The topological polar surface area (TPSA) is 93.1 Å². The predicted molar refractivity (Wildman–Crippen MR) is 44.7 cm³/mol. The lowest BCUT2D eigenvalue weighted by Crippen LogP contribution is -2.14. The molecule has 2 atom stereocenters. The highest BCUT2D eigenvalue weighted by molar-refractivity contribution is 5.91. The Morgan fingerprint density at radius 3 is 1.50 bits per heavy atom. The Morgan fingerprint density at radius 1 is 1.00 bits per heavy atom. The number of aliphatic hydroxyl groups excluding tert-OH is 2. The Morgan fingerprint density at radius 2 is 1.29 bits per heavy atom. The summed E-state index contributed by atoms with van der Waals surface area (Å²) in [6.45, 7) is 2.50. The molecule has 0 saturated carbocycles. The largest absolute Gasteiger partial charge is 0.433 e. The minimum Gasteiger partial charge on any atom is -0.433 e. The van der Waals surface area contributed by atoms with Gasteiger partial charge in [-0.05, 0) is 13.8 Å². The molecule has 6 heteroatoms. The maximum Gasteiger partial charge on any atom is 0.333 e. The molecule has 80 valence electrons. The Balaban J connectivity index is 3.92. The molecule has 0 bridgehead atoms. The van der Waals surface area contributed by atoms with Crippen molar-refractivity contribution in [2.24, 2.45) is 0 Å². The molecule has 0 saturated heterocycles. The molecule has 2 unspecified atom stereocenters. The number of hydrogen-bond donors (Lipinski definition) is 2. The van der Waals surface area contributed by atoms with Gasteiger partial charge in [0.1, 0.15) is 0 Å². The molecule has 0 fully saturated rings. The molecule has 0 aromatic carbocycles. The van der Waals surface area contributed by atoms with E-state index < -0.39 is 24.5 Å². The second-order valence-electron chi connectivity index (χ2n) is 2.41. The standard InChI is InChI=1S/C8H12O6/c1-5(9)13-7(11)3-4-8(12)14-6(2)10/h3-6,9-10H,1-2H3/b4-3-.